The Morgan fingerprint density at radius 2 is 1.94 bits per heavy atom. The fraction of sp³-hybridized carbons (Fsp3) is 0.577. The van der Waals surface area contributed by atoms with Gasteiger partial charge in [-0.05, 0) is 76.2 Å². The van der Waals surface area contributed by atoms with Gasteiger partial charge in [-0.25, -0.2) is 0 Å². The van der Waals surface area contributed by atoms with Gasteiger partial charge in [0.1, 0.15) is 0 Å². The minimum absolute atomic E-state index is 0.0969. The van der Waals surface area contributed by atoms with E-state index in [1.807, 2.05) is 35.4 Å². The largest absolute Gasteiger partial charge is 0.360 e. The summed E-state index contributed by atoms with van der Waals surface area (Å²) in [6.45, 7) is 3.57. The highest BCUT2D eigenvalue weighted by Crippen LogP contribution is 2.51. The number of carbonyl (C=O) groups excluding carboxylic acids is 2. The van der Waals surface area contributed by atoms with E-state index in [0.717, 1.165) is 59.9 Å². The molecule has 6 nitrogen and oxygen atoms in total. The molecule has 1 aromatic carbocycles. The first-order valence-electron chi connectivity index (χ1n) is 12.4. The number of aromatic amines is 1. The van der Waals surface area contributed by atoms with Crippen molar-refractivity contribution in [2.75, 3.05) is 13.1 Å². The van der Waals surface area contributed by atoms with Crippen LogP contribution in [0.25, 0.3) is 10.9 Å². The molecule has 33 heavy (non-hydrogen) atoms. The molecule has 2 N–H and O–H groups in total. The van der Waals surface area contributed by atoms with Crippen molar-refractivity contribution in [3.63, 3.8) is 0 Å². The number of piperidine rings is 1. The van der Waals surface area contributed by atoms with Crippen LogP contribution in [0.5, 0.6) is 0 Å². The average Bonchev–Trinajstić information content (AvgIpc) is 3.57. The van der Waals surface area contributed by atoms with Gasteiger partial charge in [0.25, 0.3) is 5.91 Å². The molecule has 0 spiro atoms. The normalized spacial score (nSPS) is 33.4. The van der Waals surface area contributed by atoms with Gasteiger partial charge in [0.15, 0.2) is 5.17 Å². The summed E-state index contributed by atoms with van der Waals surface area (Å²) in [5.74, 6) is 1.50. The Balaban J connectivity index is 1.08. The number of benzene rings is 1. The number of aromatic nitrogens is 1. The third kappa shape index (κ3) is 3.78. The zero-order chi connectivity index (χ0) is 22.6. The predicted molar refractivity (Wildman–Crippen MR) is 132 cm³/mol. The molecule has 1 unspecified atom stereocenters. The molecule has 2 bridgehead atoms. The summed E-state index contributed by atoms with van der Waals surface area (Å²) in [6, 6.07) is 7.94. The second-order valence-corrected chi connectivity index (χ2v) is 12.3. The monoisotopic (exact) mass is 464 g/mol. The number of amides is 2. The lowest BCUT2D eigenvalue weighted by Gasteiger charge is -2.34. The topological polar surface area (TPSA) is 77.6 Å². The van der Waals surface area contributed by atoms with Gasteiger partial charge in [0, 0.05) is 30.2 Å². The number of fused-ring (bicyclic) bond motifs is 3. The van der Waals surface area contributed by atoms with Gasteiger partial charge in [-0.15, -0.1) is 0 Å². The fourth-order valence-corrected chi connectivity index (χ4v) is 7.82. The molecule has 1 atom stereocenters. The van der Waals surface area contributed by atoms with Crippen molar-refractivity contribution in [3.05, 3.63) is 36.0 Å². The van der Waals surface area contributed by atoms with Crippen LogP contribution in [0.3, 0.4) is 0 Å². The Kier molecular flexibility index (Phi) is 5.09. The van der Waals surface area contributed by atoms with Gasteiger partial charge in [0.05, 0.1) is 15.8 Å². The van der Waals surface area contributed by atoms with Crippen molar-refractivity contribution in [3.8, 4) is 0 Å². The standard InChI is InChI=1S/C26H32N4O2S/c1-25(23(32)28-24(33-25)29-26-10-6-17(15-26)7-11-26)14-18-8-12-30(13-9-18)22(31)20-16-27-21-5-3-2-4-19(20)21/h2-5,16-18,27H,6-15H2,1H3,(H,28,29,32). The summed E-state index contributed by atoms with van der Waals surface area (Å²) in [4.78, 5) is 36.3. The van der Waals surface area contributed by atoms with Crippen LogP contribution in [0.1, 0.15) is 68.6 Å². The van der Waals surface area contributed by atoms with Crippen molar-refractivity contribution in [1.29, 1.82) is 0 Å². The predicted octanol–water partition coefficient (Wildman–Crippen LogP) is 4.72. The number of H-pyrrole nitrogens is 1. The highest BCUT2D eigenvalue weighted by atomic mass is 32.2. The van der Waals surface area contributed by atoms with Crippen LogP contribution in [0.15, 0.2) is 35.5 Å². The van der Waals surface area contributed by atoms with E-state index in [2.05, 4.69) is 17.2 Å². The minimum atomic E-state index is -0.459. The first-order valence-corrected chi connectivity index (χ1v) is 13.2. The van der Waals surface area contributed by atoms with E-state index in [0.29, 0.717) is 5.92 Å². The molecular weight excluding hydrogens is 432 g/mol. The van der Waals surface area contributed by atoms with Crippen molar-refractivity contribution in [2.24, 2.45) is 16.8 Å². The molecule has 174 valence electrons. The molecule has 0 radical (unpaired) electrons. The van der Waals surface area contributed by atoms with Crippen molar-refractivity contribution < 1.29 is 9.59 Å². The van der Waals surface area contributed by atoms with Gasteiger partial charge in [0.2, 0.25) is 5.91 Å². The third-order valence-electron chi connectivity index (χ3n) is 8.47. The van der Waals surface area contributed by atoms with Gasteiger partial charge in [-0.1, -0.05) is 30.0 Å². The van der Waals surface area contributed by atoms with E-state index >= 15 is 0 Å². The molecule has 2 saturated heterocycles. The molecule has 7 heteroatoms. The molecule has 3 heterocycles. The van der Waals surface area contributed by atoms with Crippen LogP contribution in [-0.2, 0) is 4.79 Å². The van der Waals surface area contributed by atoms with E-state index in [1.54, 1.807) is 11.8 Å². The number of thioether (sulfide) groups is 1. The lowest BCUT2D eigenvalue weighted by Crippen LogP contribution is -2.41. The van der Waals surface area contributed by atoms with Crippen molar-refractivity contribution >= 4 is 39.6 Å². The highest BCUT2D eigenvalue weighted by Gasteiger charge is 2.48. The Morgan fingerprint density at radius 3 is 2.67 bits per heavy atom. The first-order chi connectivity index (χ1) is 15.9. The lowest BCUT2D eigenvalue weighted by molar-refractivity contribution is -0.121. The molecule has 2 amide bonds. The second-order valence-electron chi connectivity index (χ2n) is 10.8. The smallest absolute Gasteiger partial charge is 0.256 e. The van der Waals surface area contributed by atoms with E-state index in [1.165, 1.54) is 32.1 Å². The highest BCUT2D eigenvalue weighted by molar-refractivity contribution is 8.16. The van der Waals surface area contributed by atoms with Crippen LogP contribution in [0.4, 0.5) is 0 Å². The van der Waals surface area contributed by atoms with Crippen molar-refractivity contribution in [2.45, 2.75) is 68.6 Å². The number of likely N-dealkylation sites (tertiary alicyclic amines) is 1. The third-order valence-corrected chi connectivity index (χ3v) is 9.65. The summed E-state index contributed by atoms with van der Waals surface area (Å²) < 4.78 is -0.459. The number of hydrogen-bond donors (Lipinski definition) is 2. The van der Waals surface area contributed by atoms with Gasteiger partial charge < -0.3 is 15.2 Å². The number of amidine groups is 1. The zero-order valence-corrected chi connectivity index (χ0v) is 20.0. The molecular formula is C26H32N4O2S. The molecule has 2 aliphatic heterocycles. The van der Waals surface area contributed by atoms with Gasteiger partial charge >= 0.3 is 0 Å². The summed E-state index contributed by atoms with van der Waals surface area (Å²) in [5.41, 5.74) is 1.85. The van der Waals surface area contributed by atoms with Crippen molar-refractivity contribution in [1.82, 2.24) is 15.2 Å². The number of para-hydroxylation sites is 1. The quantitative estimate of drug-likeness (QED) is 0.687. The number of carbonyl (C=O) groups is 2. The maximum Gasteiger partial charge on any atom is 0.256 e. The Hall–Kier alpha value is -2.28. The molecule has 2 aromatic rings. The van der Waals surface area contributed by atoms with E-state index < -0.39 is 4.75 Å². The minimum Gasteiger partial charge on any atom is -0.360 e. The number of rotatable bonds is 4. The van der Waals surface area contributed by atoms with E-state index in [9.17, 15) is 9.59 Å². The lowest BCUT2D eigenvalue weighted by atomic mass is 9.87. The fourth-order valence-electron chi connectivity index (χ4n) is 6.54. The summed E-state index contributed by atoms with van der Waals surface area (Å²) in [6.07, 6.45) is 10.7. The van der Waals surface area contributed by atoms with Gasteiger partial charge in [-0.3, -0.25) is 14.6 Å². The molecule has 1 aromatic heterocycles. The van der Waals surface area contributed by atoms with Crippen LogP contribution in [0, 0.1) is 11.8 Å². The molecule has 6 rings (SSSR count). The summed E-state index contributed by atoms with van der Waals surface area (Å²) in [5, 5.41) is 4.94. The Bertz CT molecular complexity index is 1120. The van der Waals surface area contributed by atoms with Crippen LogP contribution >= 0.6 is 11.8 Å². The number of nitrogens with zero attached hydrogens (tertiary/aromatic N) is 2. The summed E-state index contributed by atoms with van der Waals surface area (Å²) >= 11 is 1.65. The SMILES string of the molecule is CC1(CC2CCN(C(=O)c3c[nH]c4ccccc34)CC2)SC(=NC23CCC(CC2)C3)NC1=O. The number of nitrogens with one attached hydrogen (secondary N) is 2. The van der Waals surface area contributed by atoms with Crippen LogP contribution in [0.2, 0.25) is 0 Å². The molecule has 2 saturated carbocycles. The molecule has 2 aliphatic carbocycles. The van der Waals surface area contributed by atoms with Gasteiger partial charge in [-0.2, -0.15) is 0 Å². The summed E-state index contributed by atoms with van der Waals surface area (Å²) in [7, 11) is 0. The Labute approximate surface area is 199 Å². The molecule has 4 fully saturated rings. The number of hydrogen-bond acceptors (Lipinski definition) is 4. The number of aliphatic imine (C=N–C) groups is 1. The Morgan fingerprint density at radius 1 is 1.18 bits per heavy atom. The average molecular weight is 465 g/mol. The molecule has 4 aliphatic rings. The maximum absolute atomic E-state index is 13.1. The maximum atomic E-state index is 13.1. The van der Waals surface area contributed by atoms with Crippen LogP contribution in [-0.4, -0.2) is 50.2 Å². The van der Waals surface area contributed by atoms with E-state index in [4.69, 9.17) is 4.99 Å². The van der Waals surface area contributed by atoms with Crippen LogP contribution < -0.4 is 5.32 Å². The van der Waals surface area contributed by atoms with E-state index in [-0.39, 0.29) is 17.4 Å². The zero-order valence-electron chi connectivity index (χ0n) is 19.2. The first kappa shape index (κ1) is 21.3. The second kappa shape index (κ2) is 7.90.